The Morgan fingerprint density at radius 2 is 1.82 bits per heavy atom. The Labute approximate surface area is 104 Å². The van der Waals surface area contributed by atoms with Crippen LogP contribution in [0.2, 0.25) is 0 Å². The van der Waals surface area contributed by atoms with Crippen LogP contribution in [0, 0.1) is 0 Å². The third-order valence-corrected chi connectivity index (χ3v) is 1.86. The highest BCUT2D eigenvalue weighted by Gasteiger charge is 1.88. The summed E-state index contributed by atoms with van der Waals surface area (Å²) >= 11 is 0. The number of rotatable bonds is 5. The predicted molar refractivity (Wildman–Crippen MR) is 69.2 cm³/mol. The lowest BCUT2D eigenvalue weighted by molar-refractivity contribution is -0.140. The van der Waals surface area contributed by atoms with Crippen LogP contribution in [-0.2, 0) is 9.53 Å². The molecule has 0 saturated heterocycles. The maximum absolute atomic E-state index is 9.82. The molecule has 0 heterocycles. The van der Waals surface area contributed by atoms with Gasteiger partial charge in [-0.2, -0.15) is 0 Å². The summed E-state index contributed by atoms with van der Waals surface area (Å²) in [5, 5.41) is 0. The molecular formula is C14H22O3. The number of carbonyl (C=O) groups is 1. The van der Waals surface area contributed by atoms with Crippen LogP contribution in [-0.4, -0.2) is 19.2 Å². The first-order valence-electron chi connectivity index (χ1n) is 6.01. The molecule has 1 aromatic carbocycles. The molecule has 3 heteroatoms. The van der Waals surface area contributed by atoms with Crippen LogP contribution in [0.1, 0.15) is 33.6 Å². The van der Waals surface area contributed by atoms with Crippen molar-refractivity contribution in [1.29, 1.82) is 0 Å². The molecule has 1 rings (SSSR count). The van der Waals surface area contributed by atoms with Crippen molar-refractivity contribution in [3.8, 4) is 5.75 Å². The van der Waals surface area contributed by atoms with Gasteiger partial charge in [-0.25, -0.2) is 0 Å². The van der Waals surface area contributed by atoms with E-state index in [0.717, 1.165) is 18.8 Å². The highest BCUT2D eigenvalue weighted by atomic mass is 16.5. The van der Waals surface area contributed by atoms with E-state index in [1.165, 1.54) is 13.3 Å². The standard InChI is InChI=1S/C10H14O.C4H8O2/c1-2-3-9-11-10-7-5-4-6-8-10;1-3-6-4(2)5/h4-8H,2-3,9H2,1H3;3H2,1-2H3. The summed E-state index contributed by atoms with van der Waals surface area (Å²) in [7, 11) is 0. The van der Waals surface area contributed by atoms with E-state index in [9.17, 15) is 4.79 Å². The number of hydrogen-bond donors (Lipinski definition) is 0. The molecule has 0 radical (unpaired) electrons. The molecule has 0 atom stereocenters. The van der Waals surface area contributed by atoms with Gasteiger partial charge in [0.25, 0.3) is 0 Å². The fraction of sp³-hybridized carbons (Fsp3) is 0.500. The van der Waals surface area contributed by atoms with Gasteiger partial charge in [-0.1, -0.05) is 31.5 Å². The smallest absolute Gasteiger partial charge is 0.302 e. The van der Waals surface area contributed by atoms with Crippen molar-refractivity contribution in [2.75, 3.05) is 13.2 Å². The Hall–Kier alpha value is -1.51. The van der Waals surface area contributed by atoms with Crippen LogP contribution in [0.5, 0.6) is 5.75 Å². The Morgan fingerprint density at radius 3 is 2.24 bits per heavy atom. The number of carbonyl (C=O) groups excluding carboxylic acids is 1. The average molecular weight is 238 g/mol. The number of ether oxygens (including phenoxy) is 2. The molecule has 0 aliphatic rings. The largest absolute Gasteiger partial charge is 0.494 e. The molecule has 0 spiro atoms. The summed E-state index contributed by atoms with van der Waals surface area (Å²) in [5.41, 5.74) is 0. The van der Waals surface area contributed by atoms with Gasteiger partial charge in [-0.05, 0) is 25.5 Å². The van der Waals surface area contributed by atoms with Crippen molar-refractivity contribution >= 4 is 5.97 Å². The second kappa shape index (κ2) is 11.0. The van der Waals surface area contributed by atoms with E-state index >= 15 is 0 Å². The van der Waals surface area contributed by atoms with Gasteiger partial charge in [0.15, 0.2) is 0 Å². The summed E-state index contributed by atoms with van der Waals surface area (Å²) < 4.78 is 9.85. The molecule has 96 valence electrons. The summed E-state index contributed by atoms with van der Waals surface area (Å²) in [4.78, 5) is 9.82. The fourth-order valence-corrected chi connectivity index (χ4v) is 1.05. The van der Waals surface area contributed by atoms with Crippen molar-refractivity contribution in [2.24, 2.45) is 0 Å². The SMILES string of the molecule is CCCCOc1ccccc1.CCOC(C)=O. The van der Waals surface area contributed by atoms with Crippen molar-refractivity contribution in [2.45, 2.75) is 33.6 Å². The molecule has 0 amide bonds. The van der Waals surface area contributed by atoms with Gasteiger partial charge >= 0.3 is 5.97 Å². The fourth-order valence-electron chi connectivity index (χ4n) is 1.05. The zero-order chi connectivity index (χ0) is 12.9. The number of para-hydroxylation sites is 1. The third-order valence-electron chi connectivity index (χ3n) is 1.86. The predicted octanol–water partition coefficient (Wildman–Crippen LogP) is 3.43. The second-order valence-corrected chi connectivity index (χ2v) is 3.44. The summed E-state index contributed by atoms with van der Waals surface area (Å²) in [6.07, 6.45) is 2.32. The van der Waals surface area contributed by atoms with Crippen LogP contribution in [0.15, 0.2) is 30.3 Å². The van der Waals surface area contributed by atoms with Crippen molar-refractivity contribution in [1.82, 2.24) is 0 Å². The lowest BCUT2D eigenvalue weighted by Gasteiger charge is -2.03. The molecule has 0 bridgehead atoms. The minimum Gasteiger partial charge on any atom is -0.494 e. The first-order valence-corrected chi connectivity index (χ1v) is 6.01. The highest BCUT2D eigenvalue weighted by Crippen LogP contribution is 2.08. The van der Waals surface area contributed by atoms with E-state index in [4.69, 9.17) is 4.74 Å². The van der Waals surface area contributed by atoms with Gasteiger partial charge < -0.3 is 9.47 Å². The van der Waals surface area contributed by atoms with Crippen LogP contribution in [0.25, 0.3) is 0 Å². The van der Waals surface area contributed by atoms with Gasteiger partial charge in [0, 0.05) is 6.92 Å². The molecular weight excluding hydrogens is 216 g/mol. The van der Waals surface area contributed by atoms with E-state index in [1.807, 2.05) is 30.3 Å². The van der Waals surface area contributed by atoms with E-state index in [1.54, 1.807) is 6.92 Å². The third kappa shape index (κ3) is 10.8. The average Bonchev–Trinajstić information content (AvgIpc) is 2.31. The number of unbranched alkanes of at least 4 members (excludes halogenated alkanes) is 1. The number of esters is 1. The first-order chi connectivity index (χ1) is 8.20. The molecule has 3 nitrogen and oxygen atoms in total. The van der Waals surface area contributed by atoms with E-state index in [-0.39, 0.29) is 5.97 Å². The maximum Gasteiger partial charge on any atom is 0.302 e. The van der Waals surface area contributed by atoms with E-state index in [0.29, 0.717) is 6.61 Å². The number of hydrogen-bond acceptors (Lipinski definition) is 3. The Bertz CT molecular complexity index is 283. The van der Waals surface area contributed by atoms with Crippen LogP contribution in [0.4, 0.5) is 0 Å². The van der Waals surface area contributed by atoms with Gasteiger partial charge in [0.05, 0.1) is 13.2 Å². The van der Waals surface area contributed by atoms with Crippen LogP contribution in [0.3, 0.4) is 0 Å². The van der Waals surface area contributed by atoms with Crippen LogP contribution >= 0.6 is 0 Å². The molecule has 0 unspecified atom stereocenters. The zero-order valence-corrected chi connectivity index (χ0v) is 10.9. The molecule has 0 fully saturated rings. The Morgan fingerprint density at radius 1 is 1.18 bits per heavy atom. The highest BCUT2D eigenvalue weighted by molar-refractivity contribution is 5.65. The quantitative estimate of drug-likeness (QED) is 0.582. The Kier molecular flexibility index (Phi) is 10.0. The van der Waals surface area contributed by atoms with Gasteiger partial charge in [-0.3, -0.25) is 4.79 Å². The topological polar surface area (TPSA) is 35.5 Å². The van der Waals surface area contributed by atoms with E-state index < -0.39 is 0 Å². The lowest BCUT2D eigenvalue weighted by Crippen LogP contribution is -1.95. The zero-order valence-electron chi connectivity index (χ0n) is 10.9. The maximum atomic E-state index is 9.82. The lowest BCUT2D eigenvalue weighted by atomic mass is 10.3. The van der Waals surface area contributed by atoms with Crippen LogP contribution < -0.4 is 4.74 Å². The molecule has 0 aliphatic heterocycles. The summed E-state index contributed by atoms with van der Waals surface area (Å²) in [5.74, 6) is 0.762. The van der Waals surface area contributed by atoms with Crippen molar-refractivity contribution in [3.63, 3.8) is 0 Å². The van der Waals surface area contributed by atoms with Gasteiger partial charge in [0.1, 0.15) is 5.75 Å². The number of benzene rings is 1. The summed E-state index contributed by atoms with van der Waals surface area (Å²) in [6.45, 7) is 6.65. The molecule has 0 aliphatic carbocycles. The molecule has 0 saturated carbocycles. The van der Waals surface area contributed by atoms with Gasteiger partial charge in [-0.15, -0.1) is 0 Å². The molecule has 1 aromatic rings. The molecule has 17 heavy (non-hydrogen) atoms. The minimum absolute atomic E-state index is 0.211. The summed E-state index contributed by atoms with van der Waals surface area (Å²) in [6, 6.07) is 9.93. The first kappa shape index (κ1) is 15.5. The molecule has 0 aromatic heterocycles. The molecule has 0 N–H and O–H groups in total. The normalized spacial score (nSPS) is 8.88. The monoisotopic (exact) mass is 238 g/mol. The van der Waals surface area contributed by atoms with Crippen molar-refractivity contribution in [3.05, 3.63) is 30.3 Å². The Balaban J connectivity index is 0.000000366. The minimum atomic E-state index is -0.211. The van der Waals surface area contributed by atoms with Crippen molar-refractivity contribution < 1.29 is 14.3 Å². The second-order valence-electron chi connectivity index (χ2n) is 3.44. The van der Waals surface area contributed by atoms with E-state index in [2.05, 4.69) is 11.7 Å². The van der Waals surface area contributed by atoms with Gasteiger partial charge in [0.2, 0.25) is 0 Å².